The van der Waals surface area contributed by atoms with Crippen LogP contribution >= 0.6 is 24.0 Å². The fourth-order valence-electron chi connectivity index (χ4n) is 2.93. The molecule has 1 unspecified atom stereocenters. The molecule has 1 heterocycles. The molecule has 2 aromatic carbocycles. The average molecular weight is 521 g/mol. The zero-order valence-corrected chi connectivity index (χ0v) is 18.2. The minimum Gasteiger partial charge on any atom is -0.488 e. The van der Waals surface area contributed by atoms with Crippen LogP contribution in [0.4, 0.5) is 13.2 Å². The Kier molecular flexibility index (Phi) is 8.42. The summed E-state index contributed by atoms with van der Waals surface area (Å²) in [6, 6.07) is 14.5. The van der Waals surface area contributed by atoms with E-state index < -0.39 is 12.8 Å². The Morgan fingerprint density at radius 1 is 1.14 bits per heavy atom. The molecule has 0 saturated heterocycles. The normalized spacial score (nSPS) is 15.7. The summed E-state index contributed by atoms with van der Waals surface area (Å²) in [5, 5.41) is 6.28. The van der Waals surface area contributed by atoms with Gasteiger partial charge in [0, 0.05) is 25.6 Å². The fraction of sp³-hybridized carbons (Fsp3) is 0.350. The molecule has 0 amide bonds. The van der Waals surface area contributed by atoms with Gasteiger partial charge in [0.2, 0.25) is 0 Å². The summed E-state index contributed by atoms with van der Waals surface area (Å²) < 4.78 is 48.0. The van der Waals surface area contributed by atoms with Crippen LogP contribution in [0.25, 0.3) is 0 Å². The van der Waals surface area contributed by atoms with Crippen molar-refractivity contribution in [2.24, 2.45) is 4.99 Å². The van der Waals surface area contributed by atoms with Crippen LogP contribution in [0.3, 0.4) is 0 Å². The second-order valence-electron chi connectivity index (χ2n) is 6.37. The molecule has 0 aliphatic carbocycles. The molecule has 1 atom stereocenters. The van der Waals surface area contributed by atoms with Crippen LogP contribution in [0.15, 0.2) is 53.5 Å². The predicted molar refractivity (Wildman–Crippen MR) is 116 cm³/mol. The van der Waals surface area contributed by atoms with Crippen molar-refractivity contribution in [1.82, 2.24) is 10.6 Å². The molecular weight excluding hydrogens is 498 g/mol. The van der Waals surface area contributed by atoms with Crippen molar-refractivity contribution in [3.05, 3.63) is 59.7 Å². The first-order valence-corrected chi connectivity index (χ1v) is 8.91. The fourth-order valence-corrected chi connectivity index (χ4v) is 2.93. The van der Waals surface area contributed by atoms with Crippen LogP contribution in [-0.2, 0) is 13.0 Å². The lowest BCUT2D eigenvalue weighted by Crippen LogP contribution is -2.42. The maximum Gasteiger partial charge on any atom is 0.422 e. The number of benzene rings is 2. The number of fused-ring (bicyclic) bond motifs is 1. The van der Waals surface area contributed by atoms with Crippen molar-refractivity contribution in [2.45, 2.75) is 25.2 Å². The molecule has 29 heavy (non-hydrogen) atoms. The van der Waals surface area contributed by atoms with Gasteiger partial charge in [0.1, 0.15) is 17.6 Å². The van der Waals surface area contributed by atoms with E-state index in [1.165, 1.54) is 11.6 Å². The summed E-state index contributed by atoms with van der Waals surface area (Å²) in [7, 11) is 1.63. The highest BCUT2D eigenvalue weighted by atomic mass is 127. The summed E-state index contributed by atoms with van der Waals surface area (Å²) in [6.07, 6.45) is -3.57. The molecule has 158 valence electrons. The van der Waals surface area contributed by atoms with Crippen molar-refractivity contribution in [1.29, 1.82) is 0 Å². The Hall–Kier alpha value is -2.17. The maximum absolute atomic E-state index is 12.4. The number of para-hydroxylation sites is 2. The molecule has 9 heteroatoms. The van der Waals surface area contributed by atoms with E-state index >= 15 is 0 Å². The molecule has 0 spiro atoms. The third-order valence-electron chi connectivity index (χ3n) is 4.24. The Labute approximate surface area is 184 Å². The van der Waals surface area contributed by atoms with Crippen LogP contribution < -0.4 is 20.1 Å². The molecule has 0 aromatic heterocycles. The number of alkyl halides is 3. The molecule has 2 aromatic rings. The lowest BCUT2D eigenvalue weighted by molar-refractivity contribution is -0.153. The van der Waals surface area contributed by atoms with Gasteiger partial charge in [-0.25, -0.2) is 0 Å². The van der Waals surface area contributed by atoms with Crippen molar-refractivity contribution in [3.8, 4) is 11.5 Å². The first kappa shape index (κ1) is 23.1. The lowest BCUT2D eigenvalue weighted by atomic mass is 10.1. The summed E-state index contributed by atoms with van der Waals surface area (Å²) in [5.74, 6) is 1.62. The smallest absolute Gasteiger partial charge is 0.422 e. The van der Waals surface area contributed by atoms with Crippen LogP contribution in [0, 0.1) is 0 Å². The minimum absolute atomic E-state index is 0. The molecule has 1 aliphatic rings. The summed E-state index contributed by atoms with van der Waals surface area (Å²) >= 11 is 0. The molecule has 0 radical (unpaired) electrons. The van der Waals surface area contributed by atoms with E-state index in [9.17, 15) is 13.2 Å². The highest BCUT2D eigenvalue weighted by Gasteiger charge is 2.28. The summed E-state index contributed by atoms with van der Waals surface area (Å²) in [6.45, 7) is -0.489. The van der Waals surface area contributed by atoms with Gasteiger partial charge < -0.3 is 20.1 Å². The van der Waals surface area contributed by atoms with Crippen molar-refractivity contribution in [3.63, 3.8) is 0 Å². The SMILES string of the molecule is CN=C(NCc1ccccc1OCC(F)(F)F)NCC1Cc2ccccc2O1.I. The zero-order valence-electron chi connectivity index (χ0n) is 15.8. The first-order chi connectivity index (χ1) is 13.4. The number of guanidine groups is 1. The second-order valence-corrected chi connectivity index (χ2v) is 6.37. The third-order valence-corrected chi connectivity index (χ3v) is 4.24. The van der Waals surface area contributed by atoms with E-state index in [0.29, 0.717) is 18.1 Å². The average Bonchev–Trinajstić information content (AvgIpc) is 3.09. The predicted octanol–water partition coefficient (Wildman–Crippen LogP) is 3.91. The van der Waals surface area contributed by atoms with Gasteiger partial charge in [-0.3, -0.25) is 4.99 Å². The summed E-state index contributed by atoms with van der Waals surface area (Å²) in [4.78, 5) is 4.15. The van der Waals surface area contributed by atoms with E-state index in [-0.39, 0.29) is 42.4 Å². The second kappa shape index (κ2) is 10.6. The van der Waals surface area contributed by atoms with Crippen molar-refractivity contribution < 1.29 is 22.6 Å². The molecule has 5 nitrogen and oxygen atoms in total. The van der Waals surface area contributed by atoms with Gasteiger partial charge in [0.15, 0.2) is 12.6 Å². The van der Waals surface area contributed by atoms with Gasteiger partial charge in [0.05, 0.1) is 6.54 Å². The van der Waals surface area contributed by atoms with E-state index in [4.69, 9.17) is 9.47 Å². The van der Waals surface area contributed by atoms with E-state index in [2.05, 4.69) is 15.6 Å². The highest BCUT2D eigenvalue weighted by molar-refractivity contribution is 14.0. The molecule has 3 rings (SSSR count). The Bertz CT molecular complexity index is 806. The number of halogens is 4. The molecule has 1 aliphatic heterocycles. The monoisotopic (exact) mass is 521 g/mol. The zero-order chi connectivity index (χ0) is 20.0. The highest BCUT2D eigenvalue weighted by Crippen LogP contribution is 2.27. The molecular formula is C20H23F3IN3O2. The van der Waals surface area contributed by atoms with Crippen LogP contribution in [0.5, 0.6) is 11.5 Å². The van der Waals surface area contributed by atoms with Crippen molar-refractivity contribution in [2.75, 3.05) is 20.2 Å². The quantitative estimate of drug-likeness (QED) is 0.344. The van der Waals surface area contributed by atoms with Gasteiger partial charge in [-0.15, -0.1) is 24.0 Å². The third kappa shape index (κ3) is 6.98. The minimum atomic E-state index is -4.38. The summed E-state index contributed by atoms with van der Waals surface area (Å²) in [5.41, 5.74) is 1.78. The van der Waals surface area contributed by atoms with E-state index in [0.717, 1.165) is 12.2 Å². The number of nitrogens with one attached hydrogen (secondary N) is 2. The van der Waals surface area contributed by atoms with Crippen LogP contribution in [0.2, 0.25) is 0 Å². The first-order valence-electron chi connectivity index (χ1n) is 8.91. The van der Waals surface area contributed by atoms with Gasteiger partial charge in [-0.2, -0.15) is 13.2 Å². The number of rotatable bonds is 6. The van der Waals surface area contributed by atoms with E-state index in [1.54, 1.807) is 25.2 Å². The molecule has 0 bridgehead atoms. The molecule has 0 saturated carbocycles. The number of aliphatic imine (C=N–C) groups is 1. The molecule has 0 fully saturated rings. The largest absolute Gasteiger partial charge is 0.488 e. The maximum atomic E-state index is 12.4. The number of ether oxygens (including phenoxy) is 2. The van der Waals surface area contributed by atoms with Gasteiger partial charge in [0.25, 0.3) is 0 Å². The number of hydrogen-bond acceptors (Lipinski definition) is 3. The Morgan fingerprint density at radius 3 is 2.59 bits per heavy atom. The topological polar surface area (TPSA) is 54.9 Å². The van der Waals surface area contributed by atoms with Crippen LogP contribution in [0.1, 0.15) is 11.1 Å². The Balaban J connectivity index is 0.00000300. The van der Waals surface area contributed by atoms with E-state index in [1.807, 2.05) is 24.3 Å². The molecule has 2 N–H and O–H groups in total. The standard InChI is InChI=1S/C20H22F3N3O2.HI/c1-24-19(26-12-16-10-14-6-2-5-9-18(14)28-16)25-11-15-7-3-4-8-17(15)27-13-20(21,22)23;/h2-9,16H,10-13H2,1H3,(H2,24,25,26);1H. The van der Waals surface area contributed by atoms with Crippen LogP contribution in [-0.4, -0.2) is 38.4 Å². The van der Waals surface area contributed by atoms with Gasteiger partial charge in [-0.1, -0.05) is 36.4 Å². The number of nitrogens with zero attached hydrogens (tertiary/aromatic N) is 1. The van der Waals surface area contributed by atoms with Gasteiger partial charge >= 0.3 is 6.18 Å². The number of hydrogen-bond donors (Lipinski definition) is 2. The Morgan fingerprint density at radius 2 is 1.86 bits per heavy atom. The van der Waals surface area contributed by atoms with Gasteiger partial charge in [-0.05, 0) is 17.7 Å². The van der Waals surface area contributed by atoms with Crippen molar-refractivity contribution >= 4 is 29.9 Å². The lowest BCUT2D eigenvalue weighted by Gasteiger charge is -2.17.